The molecule has 0 atom stereocenters. The van der Waals surface area contributed by atoms with E-state index in [0.717, 1.165) is 17.7 Å². The van der Waals surface area contributed by atoms with Crippen LogP contribution >= 0.6 is 15.9 Å². The molecule has 0 spiro atoms. The molecular weight excluding hydrogens is 304 g/mol. The topological polar surface area (TPSA) is 45.0 Å². The maximum atomic E-state index is 9.94. The fourth-order valence-corrected chi connectivity index (χ4v) is 2.14. The van der Waals surface area contributed by atoms with Crippen LogP contribution in [-0.4, -0.2) is 5.11 Å². The van der Waals surface area contributed by atoms with Crippen LogP contribution in [-0.2, 0) is 6.42 Å². The van der Waals surface area contributed by atoms with E-state index >= 15 is 0 Å². The van der Waals surface area contributed by atoms with Crippen molar-refractivity contribution in [2.24, 2.45) is 10.2 Å². The molecule has 19 heavy (non-hydrogen) atoms. The summed E-state index contributed by atoms with van der Waals surface area (Å²) in [4.78, 5) is 0. The van der Waals surface area contributed by atoms with Gasteiger partial charge in [-0.25, -0.2) is 0 Å². The lowest BCUT2D eigenvalue weighted by Crippen LogP contribution is -1.81. The highest BCUT2D eigenvalue weighted by molar-refractivity contribution is 9.10. The Balaban J connectivity index is 2.32. The molecule has 1 N–H and O–H groups in total. The maximum Gasteiger partial charge on any atom is 0.157 e. The number of hydrogen-bond acceptors (Lipinski definition) is 3. The minimum Gasteiger partial charge on any atom is -0.505 e. The number of phenolic OH excluding ortho intramolecular Hbond substituents is 1. The van der Waals surface area contributed by atoms with Crippen molar-refractivity contribution < 1.29 is 5.11 Å². The lowest BCUT2D eigenvalue weighted by Gasteiger charge is -2.04. The Morgan fingerprint density at radius 1 is 1.11 bits per heavy atom. The van der Waals surface area contributed by atoms with Crippen molar-refractivity contribution in [1.82, 2.24) is 0 Å². The Kier molecular flexibility index (Phi) is 4.32. The molecule has 2 aromatic rings. The molecule has 0 aliphatic rings. The van der Waals surface area contributed by atoms with Crippen molar-refractivity contribution in [3.8, 4) is 5.75 Å². The van der Waals surface area contributed by atoms with Gasteiger partial charge in [-0.05, 0) is 59.1 Å². The summed E-state index contributed by atoms with van der Waals surface area (Å²) in [5, 5.41) is 18.2. The smallest absolute Gasteiger partial charge is 0.157 e. The van der Waals surface area contributed by atoms with Crippen molar-refractivity contribution >= 4 is 27.3 Å². The largest absolute Gasteiger partial charge is 0.505 e. The van der Waals surface area contributed by atoms with Crippen LogP contribution in [0.25, 0.3) is 0 Å². The molecule has 2 rings (SSSR count). The first-order chi connectivity index (χ1) is 9.10. The van der Waals surface area contributed by atoms with E-state index in [4.69, 9.17) is 0 Å². The number of azo groups is 1. The van der Waals surface area contributed by atoms with Crippen LogP contribution in [0.3, 0.4) is 0 Å². The van der Waals surface area contributed by atoms with Gasteiger partial charge in [0.25, 0.3) is 0 Å². The van der Waals surface area contributed by atoms with E-state index in [1.54, 1.807) is 0 Å². The Bertz CT molecular complexity index is 606. The normalized spacial score (nSPS) is 11.1. The van der Waals surface area contributed by atoms with Crippen LogP contribution in [0.2, 0.25) is 0 Å². The van der Waals surface area contributed by atoms with Gasteiger partial charge in [-0.1, -0.05) is 24.6 Å². The molecule has 0 heterocycles. The maximum absolute atomic E-state index is 9.94. The highest BCUT2D eigenvalue weighted by Gasteiger charge is 2.07. The molecule has 0 aliphatic carbocycles. The number of benzene rings is 2. The number of halogens is 1. The van der Waals surface area contributed by atoms with Crippen molar-refractivity contribution in [1.29, 1.82) is 0 Å². The average Bonchev–Trinajstić information content (AvgIpc) is 2.42. The third-order valence-electron chi connectivity index (χ3n) is 2.82. The Morgan fingerprint density at radius 2 is 1.79 bits per heavy atom. The summed E-state index contributed by atoms with van der Waals surface area (Å²) in [6, 6.07) is 11.5. The first-order valence-electron chi connectivity index (χ1n) is 6.10. The minimum atomic E-state index is 0.119. The van der Waals surface area contributed by atoms with Crippen LogP contribution in [0.1, 0.15) is 18.1 Å². The van der Waals surface area contributed by atoms with E-state index in [0.29, 0.717) is 10.2 Å². The molecule has 0 saturated heterocycles. The molecule has 0 unspecified atom stereocenters. The van der Waals surface area contributed by atoms with Gasteiger partial charge in [0.15, 0.2) is 5.75 Å². The van der Waals surface area contributed by atoms with Crippen molar-refractivity contribution in [3.63, 3.8) is 0 Å². The molecule has 4 heteroatoms. The van der Waals surface area contributed by atoms with Crippen LogP contribution in [0.5, 0.6) is 5.75 Å². The van der Waals surface area contributed by atoms with E-state index in [1.165, 1.54) is 5.56 Å². The SMILES string of the molecule is CCc1cc(Br)c(O)c(N=Nc2ccc(C)cc2)c1. The zero-order chi connectivity index (χ0) is 13.8. The minimum absolute atomic E-state index is 0.119. The molecule has 0 bridgehead atoms. The van der Waals surface area contributed by atoms with Crippen LogP contribution in [0.4, 0.5) is 11.4 Å². The summed E-state index contributed by atoms with van der Waals surface area (Å²) >= 11 is 3.32. The standard InChI is InChI=1S/C15H15BrN2O/c1-3-11-8-13(16)15(19)14(9-11)18-17-12-6-4-10(2)5-7-12/h4-9,19H,3H2,1-2H3. The summed E-state index contributed by atoms with van der Waals surface area (Å²) < 4.78 is 0.643. The summed E-state index contributed by atoms with van der Waals surface area (Å²) in [6.07, 6.45) is 0.881. The van der Waals surface area contributed by atoms with E-state index in [9.17, 15) is 5.11 Å². The summed E-state index contributed by atoms with van der Waals surface area (Å²) in [7, 11) is 0. The van der Waals surface area contributed by atoms with Crippen LogP contribution in [0.15, 0.2) is 51.1 Å². The molecule has 0 saturated carbocycles. The summed E-state index contributed by atoms with van der Waals surface area (Å²) in [6.45, 7) is 4.08. The number of aromatic hydroxyl groups is 1. The molecule has 0 amide bonds. The van der Waals surface area contributed by atoms with Gasteiger partial charge in [0.2, 0.25) is 0 Å². The lowest BCUT2D eigenvalue weighted by atomic mass is 10.1. The Morgan fingerprint density at radius 3 is 2.42 bits per heavy atom. The van der Waals surface area contributed by atoms with Crippen molar-refractivity contribution in [2.75, 3.05) is 0 Å². The highest BCUT2D eigenvalue weighted by atomic mass is 79.9. The zero-order valence-corrected chi connectivity index (χ0v) is 12.5. The van der Waals surface area contributed by atoms with Gasteiger partial charge in [-0.15, -0.1) is 5.11 Å². The number of phenols is 1. The van der Waals surface area contributed by atoms with Crippen LogP contribution in [0, 0.1) is 6.92 Å². The third-order valence-corrected chi connectivity index (χ3v) is 3.42. The quantitative estimate of drug-likeness (QED) is 0.752. The molecule has 0 aromatic heterocycles. The van der Waals surface area contributed by atoms with Gasteiger partial charge >= 0.3 is 0 Å². The van der Waals surface area contributed by atoms with Crippen molar-refractivity contribution in [3.05, 3.63) is 52.0 Å². The molecule has 0 fully saturated rings. The summed E-state index contributed by atoms with van der Waals surface area (Å²) in [5.74, 6) is 0.119. The van der Waals surface area contributed by atoms with E-state index < -0.39 is 0 Å². The molecule has 0 radical (unpaired) electrons. The third kappa shape index (κ3) is 3.41. The molecule has 2 aromatic carbocycles. The molecular formula is C15H15BrN2O. The predicted octanol–water partition coefficient (Wildman–Crippen LogP) is 5.44. The van der Waals surface area contributed by atoms with Gasteiger partial charge in [0, 0.05) is 0 Å². The Labute approximate surface area is 121 Å². The highest BCUT2D eigenvalue weighted by Crippen LogP contribution is 2.36. The van der Waals surface area contributed by atoms with E-state index in [2.05, 4.69) is 33.1 Å². The van der Waals surface area contributed by atoms with E-state index in [1.807, 2.05) is 43.3 Å². The fraction of sp³-hybridized carbons (Fsp3) is 0.200. The first kappa shape index (κ1) is 13.7. The number of hydrogen-bond donors (Lipinski definition) is 1. The number of aryl methyl sites for hydroxylation is 2. The number of rotatable bonds is 3. The Hall–Kier alpha value is -1.68. The second kappa shape index (κ2) is 5.97. The average molecular weight is 319 g/mol. The van der Waals surface area contributed by atoms with Gasteiger partial charge in [0.05, 0.1) is 10.2 Å². The number of nitrogens with zero attached hydrogens (tertiary/aromatic N) is 2. The molecule has 98 valence electrons. The van der Waals surface area contributed by atoms with E-state index in [-0.39, 0.29) is 5.75 Å². The molecule has 0 aliphatic heterocycles. The fourth-order valence-electron chi connectivity index (χ4n) is 1.64. The van der Waals surface area contributed by atoms with Gasteiger partial charge in [-0.2, -0.15) is 5.11 Å². The summed E-state index contributed by atoms with van der Waals surface area (Å²) in [5.41, 5.74) is 3.52. The van der Waals surface area contributed by atoms with Crippen molar-refractivity contribution in [2.45, 2.75) is 20.3 Å². The van der Waals surface area contributed by atoms with Gasteiger partial charge in [0.1, 0.15) is 5.69 Å². The second-order valence-corrected chi connectivity index (χ2v) is 5.19. The van der Waals surface area contributed by atoms with Gasteiger partial charge < -0.3 is 5.11 Å². The first-order valence-corrected chi connectivity index (χ1v) is 6.89. The molecule has 3 nitrogen and oxygen atoms in total. The van der Waals surface area contributed by atoms with Crippen LogP contribution < -0.4 is 0 Å². The lowest BCUT2D eigenvalue weighted by molar-refractivity contribution is 0.473. The second-order valence-electron chi connectivity index (χ2n) is 4.33. The monoisotopic (exact) mass is 318 g/mol. The van der Waals surface area contributed by atoms with Gasteiger partial charge in [-0.3, -0.25) is 0 Å². The zero-order valence-electron chi connectivity index (χ0n) is 10.9. The predicted molar refractivity (Wildman–Crippen MR) is 80.5 cm³/mol.